The lowest BCUT2D eigenvalue weighted by Crippen LogP contribution is -2.07. The third kappa shape index (κ3) is 2.50. The van der Waals surface area contributed by atoms with Crippen molar-refractivity contribution in [1.82, 2.24) is 4.98 Å². The third-order valence-electron chi connectivity index (χ3n) is 1.83. The maximum Gasteiger partial charge on any atom is 0.339 e. The zero-order valence-electron chi connectivity index (χ0n) is 8.05. The van der Waals surface area contributed by atoms with Crippen molar-refractivity contribution in [2.24, 2.45) is 0 Å². The van der Waals surface area contributed by atoms with Crippen molar-refractivity contribution >= 4 is 21.9 Å². The van der Waals surface area contributed by atoms with Crippen LogP contribution in [0.15, 0.2) is 10.7 Å². The molecule has 0 aliphatic rings. The van der Waals surface area contributed by atoms with Gasteiger partial charge in [0.25, 0.3) is 6.43 Å². The highest BCUT2D eigenvalue weighted by Gasteiger charge is 2.19. The molecule has 0 saturated heterocycles. The average Bonchev–Trinajstić information content (AvgIpc) is 2.16. The first-order valence-corrected chi connectivity index (χ1v) is 4.80. The van der Waals surface area contributed by atoms with Gasteiger partial charge in [-0.15, -0.1) is 0 Å². The van der Waals surface area contributed by atoms with Crippen LogP contribution in [0, 0.1) is 6.92 Å². The molecule has 0 bridgehead atoms. The van der Waals surface area contributed by atoms with Crippen molar-refractivity contribution in [3.8, 4) is 0 Å². The van der Waals surface area contributed by atoms with E-state index in [4.69, 9.17) is 0 Å². The Bertz CT molecular complexity index is 396. The molecule has 0 aromatic carbocycles. The van der Waals surface area contributed by atoms with Crippen LogP contribution in [-0.4, -0.2) is 18.1 Å². The number of halogens is 3. The van der Waals surface area contributed by atoms with E-state index in [1.165, 1.54) is 7.11 Å². The predicted molar refractivity (Wildman–Crippen MR) is 53.0 cm³/mol. The molecule has 0 unspecified atom stereocenters. The lowest BCUT2D eigenvalue weighted by molar-refractivity contribution is 0.0598. The van der Waals surface area contributed by atoms with Crippen LogP contribution in [0.1, 0.15) is 28.0 Å². The Morgan fingerprint density at radius 3 is 2.67 bits per heavy atom. The van der Waals surface area contributed by atoms with Gasteiger partial charge in [0.2, 0.25) is 0 Å². The van der Waals surface area contributed by atoms with E-state index >= 15 is 0 Å². The van der Waals surface area contributed by atoms with Gasteiger partial charge in [-0.1, -0.05) is 0 Å². The smallest absolute Gasteiger partial charge is 0.339 e. The maximum atomic E-state index is 12.5. The molecule has 0 aliphatic heterocycles. The summed E-state index contributed by atoms with van der Waals surface area (Å²) in [5.41, 5.74) is 0.0788. The van der Waals surface area contributed by atoms with Crippen LogP contribution in [0.3, 0.4) is 0 Å². The van der Waals surface area contributed by atoms with Crippen LogP contribution < -0.4 is 0 Å². The quantitative estimate of drug-likeness (QED) is 0.617. The number of esters is 1. The number of carbonyl (C=O) groups excluding carboxylic acids is 1. The van der Waals surface area contributed by atoms with Gasteiger partial charge in [-0.25, -0.2) is 18.6 Å². The van der Waals surface area contributed by atoms with Crippen LogP contribution in [-0.2, 0) is 4.74 Å². The molecule has 1 heterocycles. The molecule has 1 rings (SSSR count). The van der Waals surface area contributed by atoms with E-state index in [-0.39, 0.29) is 15.7 Å². The number of hydrogen-bond acceptors (Lipinski definition) is 3. The number of alkyl halides is 2. The van der Waals surface area contributed by atoms with Gasteiger partial charge in [-0.05, 0) is 28.9 Å². The highest BCUT2D eigenvalue weighted by atomic mass is 79.9. The van der Waals surface area contributed by atoms with Crippen molar-refractivity contribution in [3.63, 3.8) is 0 Å². The summed E-state index contributed by atoms with van der Waals surface area (Å²) in [7, 11) is 1.19. The Balaban J connectivity index is 3.29. The van der Waals surface area contributed by atoms with Crippen molar-refractivity contribution in [2.45, 2.75) is 13.3 Å². The fraction of sp³-hybridized carbons (Fsp3) is 0.333. The van der Waals surface area contributed by atoms with Gasteiger partial charge in [0.1, 0.15) is 4.60 Å². The lowest BCUT2D eigenvalue weighted by Gasteiger charge is -2.08. The number of aromatic nitrogens is 1. The number of hydrogen-bond donors (Lipinski definition) is 0. The minimum atomic E-state index is -2.68. The van der Waals surface area contributed by atoms with Gasteiger partial charge in [-0.2, -0.15) is 0 Å². The van der Waals surface area contributed by atoms with Gasteiger partial charge >= 0.3 is 5.97 Å². The number of methoxy groups -OCH3 is 1. The second-order valence-electron chi connectivity index (χ2n) is 2.79. The first kappa shape index (κ1) is 12.0. The minimum Gasteiger partial charge on any atom is -0.465 e. The third-order valence-corrected chi connectivity index (χ3v) is 2.47. The maximum absolute atomic E-state index is 12.5. The van der Waals surface area contributed by atoms with Crippen molar-refractivity contribution < 1.29 is 18.3 Å². The Labute approximate surface area is 93.6 Å². The second-order valence-corrected chi connectivity index (χ2v) is 3.54. The lowest BCUT2D eigenvalue weighted by atomic mass is 10.1. The summed E-state index contributed by atoms with van der Waals surface area (Å²) in [4.78, 5) is 15.0. The monoisotopic (exact) mass is 279 g/mol. The molecule has 0 radical (unpaired) electrons. The number of ether oxygens (including phenoxy) is 1. The Kier molecular flexibility index (Phi) is 3.73. The summed E-state index contributed by atoms with van der Waals surface area (Å²) < 4.78 is 29.5. The molecule has 0 N–H and O–H groups in total. The number of rotatable bonds is 2. The molecule has 82 valence electrons. The van der Waals surface area contributed by atoms with Crippen molar-refractivity contribution in [3.05, 3.63) is 27.5 Å². The Morgan fingerprint density at radius 1 is 1.60 bits per heavy atom. The van der Waals surface area contributed by atoms with E-state index in [1.807, 2.05) is 0 Å². The van der Waals surface area contributed by atoms with Crippen LogP contribution in [0.2, 0.25) is 0 Å². The minimum absolute atomic E-state index is 0.0441. The van der Waals surface area contributed by atoms with Gasteiger partial charge in [0, 0.05) is 0 Å². The summed E-state index contributed by atoms with van der Waals surface area (Å²) in [6, 6.07) is 1.09. The Hall–Kier alpha value is -1.04. The normalized spacial score (nSPS) is 10.5. The van der Waals surface area contributed by atoms with E-state index in [9.17, 15) is 13.6 Å². The zero-order valence-corrected chi connectivity index (χ0v) is 9.64. The summed E-state index contributed by atoms with van der Waals surface area (Å²) >= 11 is 2.91. The second kappa shape index (κ2) is 4.65. The summed E-state index contributed by atoms with van der Waals surface area (Å²) in [5.74, 6) is -0.672. The molecular formula is C9H8BrF2NO2. The molecule has 0 fully saturated rings. The molecule has 0 atom stereocenters. The fourth-order valence-electron chi connectivity index (χ4n) is 1.06. The average molecular weight is 280 g/mol. The fourth-order valence-corrected chi connectivity index (χ4v) is 1.61. The van der Waals surface area contributed by atoms with Gasteiger partial charge in [0.05, 0.1) is 23.9 Å². The standard InChI is InChI=1S/C9H8BrF2NO2/c1-4-5(9(14)15-2)3-6(8(11)12)7(10)13-4/h3,8H,1-2H3. The first-order valence-electron chi connectivity index (χ1n) is 4.01. The highest BCUT2D eigenvalue weighted by molar-refractivity contribution is 9.10. The molecular weight excluding hydrogens is 272 g/mol. The largest absolute Gasteiger partial charge is 0.465 e. The molecule has 3 nitrogen and oxygen atoms in total. The van der Waals surface area contributed by atoms with Crippen LogP contribution in [0.4, 0.5) is 8.78 Å². The van der Waals surface area contributed by atoms with Gasteiger partial charge < -0.3 is 4.74 Å². The highest BCUT2D eigenvalue weighted by Crippen LogP contribution is 2.27. The zero-order chi connectivity index (χ0) is 11.6. The van der Waals surface area contributed by atoms with Crippen LogP contribution in [0.5, 0.6) is 0 Å². The van der Waals surface area contributed by atoms with E-state index in [0.29, 0.717) is 5.69 Å². The molecule has 0 spiro atoms. The topological polar surface area (TPSA) is 39.2 Å². The van der Waals surface area contributed by atoms with Gasteiger partial charge in [-0.3, -0.25) is 0 Å². The van der Waals surface area contributed by atoms with E-state index in [2.05, 4.69) is 25.7 Å². The molecule has 1 aromatic heterocycles. The van der Waals surface area contributed by atoms with E-state index < -0.39 is 12.4 Å². The van der Waals surface area contributed by atoms with Gasteiger partial charge in [0.15, 0.2) is 0 Å². The van der Waals surface area contributed by atoms with E-state index in [1.54, 1.807) is 6.92 Å². The predicted octanol–water partition coefficient (Wildman–Crippen LogP) is 2.88. The molecule has 0 amide bonds. The number of nitrogens with zero attached hydrogens (tertiary/aromatic N) is 1. The number of pyridine rings is 1. The molecule has 0 saturated carbocycles. The molecule has 15 heavy (non-hydrogen) atoms. The summed E-state index contributed by atoms with van der Waals surface area (Å²) in [6.45, 7) is 1.55. The molecule has 6 heteroatoms. The number of aryl methyl sites for hydroxylation is 1. The Morgan fingerprint density at radius 2 is 2.20 bits per heavy atom. The van der Waals surface area contributed by atoms with Crippen molar-refractivity contribution in [2.75, 3.05) is 7.11 Å². The van der Waals surface area contributed by atoms with Crippen LogP contribution in [0.25, 0.3) is 0 Å². The SMILES string of the molecule is COC(=O)c1cc(C(F)F)c(Br)nc1C. The first-order chi connectivity index (χ1) is 6.97. The van der Waals surface area contributed by atoms with E-state index in [0.717, 1.165) is 6.07 Å². The molecule has 1 aromatic rings. The number of carbonyl (C=O) groups is 1. The van der Waals surface area contributed by atoms with Crippen molar-refractivity contribution in [1.29, 1.82) is 0 Å². The van der Waals surface area contributed by atoms with Crippen LogP contribution >= 0.6 is 15.9 Å². The summed E-state index contributed by atoms with van der Waals surface area (Å²) in [5, 5.41) is 0. The summed E-state index contributed by atoms with van der Waals surface area (Å²) in [6.07, 6.45) is -2.68. The molecule has 0 aliphatic carbocycles.